The molecule has 5 nitrogen and oxygen atoms in total. The number of carbonyl (C=O) groups is 2. The van der Waals surface area contributed by atoms with E-state index in [0.29, 0.717) is 18.0 Å². The minimum Gasteiger partial charge on any atom is -0.477 e. The molecule has 0 fully saturated rings. The fourth-order valence-corrected chi connectivity index (χ4v) is 2.96. The van der Waals surface area contributed by atoms with E-state index in [9.17, 15) is 9.59 Å². The summed E-state index contributed by atoms with van der Waals surface area (Å²) in [6.07, 6.45) is 0.929. The summed E-state index contributed by atoms with van der Waals surface area (Å²) in [5.41, 5.74) is 0. The summed E-state index contributed by atoms with van der Waals surface area (Å²) in [5.74, 6) is -1.06. The number of carboxylic acids is 1. The van der Waals surface area contributed by atoms with E-state index in [2.05, 4.69) is 18.7 Å². The van der Waals surface area contributed by atoms with Crippen LogP contribution in [0.5, 0.6) is 0 Å². The van der Waals surface area contributed by atoms with E-state index < -0.39 is 5.97 Å². The molecule has 0 unspecified atom stereocenters. The van der Waals surface area contributed by atoms with Crippen LogP contribution in [0.1, 0.15) is 46.5 Å². The topological polar surface area (TPSA) is 60.9 Å². The highest BCUT2D eigenvalue weighted by molar-refractivity contribution is 7.15. The van der Waals surface area contributed by atoms with Gasteiger partial charge < -0.3 is 14.9 Å². The Hall–Kier alpha value is -1.40. The summed E-state index contributed by atoms with van der Waals surface area (Å²) in [7, 11) is 0. The predicted octanol–water partition coefficient (Wildman–Crippen LogP) is 2.64. The average Bonchev–Trinajstić information content (AvgIpc) is 2.97. The van der Waals surface area contributed by atoms with Crippen molar-refractivity contribution in [1.82, 2.24) is 9.80 Å². The highest BCUT2D eigenvalue weighted by atomic mass is 32.1. The number of nitrogens with zero attached hydrogens (tertiary/aromatic N) is 2. The van der Waals surface area contributed by atoms with Gasteiger partial charge in [0.2, 0.25) is 0 Å². The number of carboxylic acid groups (broad SMARTS) is 1. The molecule has 1 aromatic heterocycles. The van der Waals surface area contributed by atoms with E-state index >= 15 is 0 Å². The van der Waals surface area contributed by atoms with Crippen LogP contribution >= 0.6 is 11.3 Å². The third-order valence-corrected chi connectivity index (χ3v) is 4.55. The fourth-order valence-electron chi connectivity index (χ4n) is 2.15. The van der Waals surface area contributed by atoms with Crippen molar-refractivity contribution in [1.29, 1.82) is 0 Å². The van der Waals surface area contributed by atoms with Gasteiger partial charge in [-0.15, -0.1) is 11.3 Å². The van der Waals surface area contributed by atoms with Crippen molar-refractivity contribution < 1.29 is 14.7 Å². The molecule has 1 amide bonds. The molecule has 0 aromatic carbocycles. The minimum absolute atomic E-state index is 0.0745. The molecule has 0 aliphatic carbocycles. The van der Waals surface area contributed by atoms with Gasteiger partial charge in [-0.1, -0.05) is 13.8 Å². The van der Waals surface area contributed by atoms with Crippen LogP contribution < -0.4 is 0 Å². The van der Waals surface area contributed by atoms with Crippen molar-refractivity contribution >= 4 is 23.2 Å². The second-order valence-corrected chi connectivity index (χ2v) is 5.82. The molecular weight excluding hydrogens is 288 g/mol. The minimum atomic E-state index is -0.983. The van der Waals surface area contributed by atoms with Crippen LogP contribution in [0.2, 0.25) is 0 Å². The molecule has 0 saturated carbocycles. The van der Waals surface area contributed by atoms with E-state index in [1.807, 2.05) is 6.92 Å². The van der Waals surface area contributed by atoms with Gasteiger partial charge in [-0.3, -0.25) is 4.79 Å². The van der Waals surface area contributed by atoms with Crippen molar-refractivity contribution in [3.05, 3.63) is 21.9 Å². The third kappa shape index (κ3) is 5.13. The highest BCUT2D eigenvalue weighted by Gasteiger charge is 2.18. The lowest BCUT2D eigenvalue weighted by atomic mass is 10.3. The van der Waals surface area contributed by atoms with Crippen molar-refractivity contribution in [2.45, 2.75) is 27.2 Å². The van der Waals surface area contributed by atoms with E-state index in [1.165, 1.54) is 6.07 Å². The van der Waals surface area contributed by atoms with Crippen molar-refractivity contribution in [3.63, 3.8) is 0 Å². The number of thiophene rings is 1. The summed E-state index contributed by atoms with van der Waals surface area (Å²) >= 11 is 1.04. The number of carbonyl (C=O) groups excluding carboxylic acids is 1. The number of hydrogen-bond donors (Lipinski definition) is 1. The molecule has 21 heavy (non-hydrogen) atoms. The predicted molar refractivity (Wildman–Crippen MR) is 85.3 cm³/mol. The van der Waals surface area contributed by atoms with Crippen molar-refractivity contribution in [2.75, 3.05) is 32.7 Å². The first kappa shape index (κ1) is 17.7. The lowest BCUT2D eigenvalue weighted by molar-refractivity contribution is 0.0701. The SMILES string of the molecule is CCN(CC)CCCN(CC)C(=O)c1ccc(C(=O)O)s1. The molecule has 0 radical (unpaired) electrons. The molecule has 6 heteroatoms. The maximum Gasteiger partial charge on any atom is 0.345 e. The van der Waals surface area contributed by atoms with Gasteiger partial charge in [-0.2, -0.15) is 0 Å². The molecule has 1 rings (SSSR count). The first-order valence-electron chi connectivity index (χ1n) is 7.38. The number of rotatable bonds is 9. The summed E-state index contributed by atoms with van der Waals surface area (Å²) < 4.78 is 0. The van der Waals surface area contributed by atoms with Crippen LogP contribution in [0.4, 0.5) is 0 Å². The van der Waals surface area contributed by atoms with E-state index in [-0.39, 0.29) is 10.8 Å². The second kappa shape index (κ2) is 8.79. The van der Waals surface area contributed by atoms with Gasteiger partial charge in [0.1, 0.15) is 4.88 Å². The lowest BCUT2D eigenvalue weighted by Crippen LogP contribution is -2.34. The molecule has 0 saturated heterocycles. The number of amides is 1. The van der Waals surface area contributed by atoms with Gasteiger partial charge >= 0.3 is 5.97 Å². The quantitative estimate of drug-likeness (QED) is 0.761. The maximum absolute atomic E-state index is 12.4. The molecule has 0 bridgehead atoms. The zero-order valence-corrected chi connectivity index (χ0v) is 13.8. The summed E-state index contributed by atoms with van der Waals surface area (Å²) in [5, 5.41) is 8.91. The van der Waals surface area contributed by atoms with E-state index in [0.717, 1.165) is 37.4 Å². The monoisotopic (exact) mass is 312 g/mol. The Labute approximate surface area is 130 Å². The molecule has 1 heterocycles. The molecule has 0 aliphatic rings. The Balaban J connectivity index is 2.58. The summed E-state index contributed by atoms with van der Waals surface area (Å²) in [6, 6.07) is 3.09. The Kier molecular flexibility index (Phi) is 7.39. The lowest BCUT2D eigenvalue weighted by Gasteiger charge is -2.23. The van der Waals surface area contributed by atoms with Crippen LogP contribution in [0.3, 0.4) is 0 Å². The largest absolute Gasteiger partial charge is 0.477 e. The van der Waals surface area contributed by atoms with Crippen molar-refractivity contribution in [2.24, 2.45) is 0 Å². The zero-order chi connectivity index (χ0) is 15.8. The molecule has 1 aromatic rings. The summed E-state index contributed by atoms with van der Waals surface area (Å²) in [4.78, 5) is 28.0. The molecule has 0 atom stereocenters. The molecular formula is C15H24N2O3S. The van der Waals surface area contributed by atoms with Gasteiger partial charge in [-0.25, -0.2) is 4.79 Å². The Morgan fingerprint density at radius 3 is 2.14 bits per heavy atom. The van der Waals surface area contributed by atoms with Gasteiger partial charge in [0.05, 0.1) is 4.88 Å². The molecule has 0 aliphatic heterocycles. The van der Waals surface area contributed by atoms with Crippen LogP contribution in [0.15, 0.2) is 12.1 Å². The van der Waals surface area contributed by atoms with E-state index in [4.69, 9.17) is 5.11 Å². The second-order valence-electron chi connectivity index (χ2n) is 4.73. The first-order chi connectivity index (χ1) is 10.0. The first-order valence-corrected chi connectivity index (χ1v) is 8.19. The Morgan fingerprint density at radius 1 is 1.05 bits per heavy atom. The Bertz CT molecular complexity index is 469. The van der Waals surface area contributed by atoms with Crippen LogP contribution in [0, 0.1) is 0 Å². The van der Waals surface area contributed by atoms with Gasteiger partial charge in [0.15, 0.2) is 0 Å². The molecule has 118 valence electrons. The molecule has 0 spiro atoms. The normalized spacial score (nSPS) is 10.9. The average molecular weight is 312 g/mol. The van der Waals surface area contributed by atoms with Gasteiger partial charge in [0.25, 0.3) is 5.91 Å². The Morgan fingerprint density at radius 2 is 1.67 bits per heavy atom. The van der Waals surface area contributed by atoms with Crippen LogP contribution in [-0.2, 0) is 0 Å². The third-order valence-electron chi connectivity index (χ3n) is 3.49. The zero-order valence-electron chi connectivity index (χ0n) is 13.0. The number of aromatic carboxylic acids is 1. The number of hydrogen-bond acceptors (Lipinski definition) is 4. The van der Waals surface area contributed by atoms with Gasteiger partial charge in [0, 0.05) is 13.1 Å². The smallest absolute Gasteiger partial charge is 0.345 e. The van der Waals surface area contributed by atoms with Crippen molar-refractivity contribution in [3.8, 4) is 0 Å². The fraction of sp³-hybridized carbons (Fsp3) is 0.600. The maximum atomic E-state index is 12.4. The van der Waals surface area contributed by atoms with Crippen LogP contribution in [-0.4, -0.2) is 59.5 Å². The highest BCUT2D eigenvalue weighted by Crippen LogP contribution is 2.18. The summed E-state index contributed by atoms with van der Waals surface area (Å²) in [6.45, 7) is 10.6. The van der Waals surface area contributed by atoms with Gasteiger partial charge in [-0.05, 0) is 45.1 Å². The van der Waals surface area contributed by atoms with E-state index in [1.54, 1.807) is 11.0 Å². The van der Waals surface area contributed by atoms with Crippen LogP contribution in [0.25, 0.3) is 0 Å². The standard InChI is InChI=1S/C15H24N2O3S/c1-4-16(5-2)10-7-11-17(6-3)14(18)12-8-9-13(21-12)15(19)20/h8-9H,4-7,10-11H2,1-3H3,(H,19,20). The molecule has 1 N–H and O–H groups in total.